The summed E-state index contributed by atoms with van der Waals surface area (Å²) in [5, 5.41) is -0.525. The van der Waals surface area contributed by atoms with Crippen molar-refractivity contribution in [1.29, 1.82) is 0 Å². The normalized spacial score (nSPS) is 21.9. The van der Waals surface area contributed by atoms with E-state index >= 15 is 0 Å². The zero-order valence-corrected chi connectivity index (χ0v) is 11.9. The molecular weight excluding hydrogens is 319 g/mol. The standard InChI is InChI=1S/C10H11ClF3N3O2S/c1-17(6-2-3-20(18,19)5-6)8-4-7(10(12,13)14)15-9(11)16-8/h4,6H,2-3,5H2,1H3. The summed E-state index contributed by atoms with van der Waals surface area (Å²) in [6.45, 7) is 0. The van der Waals surface area contributed by atoms with Crippen LogP contribution in [0.3, 0.4) is 0 Å². The zero-order chi connectivity index (χ0) is 15.1. The van der Waals surface area contributed by atoms with Gasteiger partial charge in [-0.05, 0) is 18.0 Å². The van der Waals surface area contributed by atoms with Crippen LogP contribution in [-0.2, 0) is 16.0 Å². The third-order valence-electron chi connectivity index (χ3n) is 3.09. The molecule has 1 aliphatic heterocycles. The number of alkyl halides is 3. The fourth-order valence-corrected chi connectivity index (χ4v) is 3.95. The van der Waals surface area contributed by atoms with Crippen molar-refractivity contribution >= 4 is 27.3 Å². The summed E-state index contributed by atoms with van der Waals surface area (Å²) in [6.07, 6.45) is -4.29. The van der Waals surface area contributed by atoms with E-state index in [2.05, 4.69) is 9.97 Å². The van der Waals surface area contributed by atoms with Gasteiger partial charge in [-0.2, -0.15) is 13.2 Å². The minimum absolute atomic E-state index is 0.0208. The van der Waals surface area contributed by atoms with Crippen LogP contribution in [0.2, 0.25) is 5.28 Å². The molecule has 0 spiro atoms. The van der Waals surface area contributed by atoms with E-state index in [0.717, 1.165) is 6.07 Å². The highest BCUT2D eigenvalue weighted by molar-refractivity contribution is 7.91. The predicted molar refractivity (Wildman–Crippen MR) is 67.5 cm³/mol. The number of rotatable bonds is 2. The van der Waals surface area contributed by atoms with Gasteiger partial charge < -0.3 is 4.90 Å². The maximum absolute atomic E-state index is 12.6. The Hall–Kier alpha value is -1.09. The van der Waals surface area contributed by atoms with Gasteiger partial charge in [0.05, 0.1) is 11.5 Å². The molecule has 1 saturated heterocycles. The molecule has 112 valence electrons. The largest absolute Gasteiger partial charge is 0.433 e. The number of nitrogens with zero attached hydrogens (tertiary/aromatic N) is 3. The molecule has 2 rings (SSSR count). The fourth-order valence-electron chi connectivity index (χ4n) is 2.00. The molecule has 1 unspecified atom stereocenters. The van der Waals surface area contributed by atoms with Gasteiger partial charge in [-0.1, -0.05) is 0 Å². The molecule has 0 aliphatic carbocycles. The average Bonchev–Trinajstić information content (AvgIpc) is 2.67. The Balaban J connectivity index is 2.31. The van der Waals surface area contributed by atoms with Crippen molar-refractivity contribution in [2.24, 2.45) is 0 Å². The van der Waals surface area contributed by atoms with Crippen LogP contribution in [0.1, 0.15) is 12.1 Å². The van der Waals surface area contributed by atoms with Gasteiger partial charge in [0.2, 0.25) is 5.28 Å². The topological polar surface area (TPSA) is 63.2 Å². The lowest BCUT2D eigenvalue weighted by Crippen LogP contribution is -2.33. The first-order valence-corrected chi connectivity index (χ1v) is 7.83. The van der Waals surface area contributed by atoms with E-state index in [4.69, 9.17) is 11.6 Å². The predicted octanol–water partition coefficient (Wildman–Crippen LogP) is 1.77. The van der Waals surface area contributed by atoms with E-state index in [0.29, 0.717) is 6.42 Å². The second kappa shape index (κ2) is 5.03. The van der Waals surface area contributed by atoms with Crippen LogP contribution in [-0.4, -0.2) is 43.0 Å². The summed E-state index contributed by atoms with van der Waals surface area (Å²) in [4.78, 5) is 8.25. The highest BCUT2D eigenvalue weighted by Crippen LogP contribution is 2.31. The molecule has 0 aromatic carbocycles. The lowest BCUT2D eigenvalue weighted by molar-refractivity contribution is -0.141. The Morgan fingerprint density at radius 3 is 2.55 bits per heavy atom. The quantitative estimate of drug-likeness (QED) is 0.774. The summed E-state index contributed by atoms with van der Waals surface area (Å²) < 4.78 is 60.8. The van der Waals surface area contributed by atoms with Crippen molar-refractivity contribution in [2.75, 3.05) is 23.5 Å². The van der Waals surface area contributed by atoms with Gasteiger partial charge in [-0.15, -0.1) is 0 Å². The number of hydrogen-bond acceptors (Lipinski definition) is 5. The van der Waals surface area contributed by atoms with Crippen LogP contribution in [0.15, 0.2) is 6.07 Å². The Kier molecular flexibility index (Phi) is 3.85. The van der Waals surface area contributed by atoms with E-state index in [-0.39, 0.29) is 17.3 Å². The molecule has 1 aliphatic rings. The van der Waals surface area contributed by atoms with Gasteiger partial charge >= 0.3 is 6.18 Å². The molecule has 0 saturated carbocycles. The van der Waals surface area contributed by atoms with Crippen LogP contribution in [0.5, 0.6) is 0 Å². The van der Waals surface area contributed by atoms with Crippen molar-refractivity contribution < 1.29 is 21.6 Å². The number of sulfone groups is 1. The Bertz CT molecular complexity index is 621. The van der Waals surface area contributed by atoms with Gasteiger partial charge in [0.1, 0.15) is 5.82 Å². The van der Waals surface area contributed by atoms with E-state index < -0.39 is 33.0 Å². The first-order valence-electron chi connectivity index (χ1n) is 5.63. The Morgan fingerprint density at radius 2 is 2.05 bits per heavy atom. The SMILES string of the molecule is CN(c1cc(C(F)(F)F)nc(Cl)n1)C1CCS(=O)(=O)C1. The molecule has 1 aromatic rings. The summed E-state index contributed by atoms with van der Waals surface area (Å²) in [5.41, 5.74) is -1.15. The number of aromatic nitrogens is 2. The molecular formula is C10H11ClF3N3O2S. The minimum Gasteiger partial charge on any atom is -0.355 e. The lowest BCUT2D eigenvalue weighted by atomic mass is 10.2. The van der Waals surface area contributed by atoms with E-state index in [9.17, 15) is 21.6 Å². The third kappa shape index (κ3) is 3.32. The molecule has 0 N–H and O–H groups in total. The fraction of sp³-hybridized carbons (Fsp3) is 0.600. The third-order valence-corrected chi connectivity index (χ3v) is 5.01. The molecule has 5 nitrogen and oxygen atoms in total. The molecule has 10 heteroatoms. The highest BCUT2D eigenvalue weighted by atomic mass is 35.5. The number of anilines is 1. The van der Waals surface area contributed by atoms with Crippen LogP contribution >= 0.6 is 11.6 Å². The molecule has 0 bridgehead atoms. The van der Waals surface area contributed by atoms with Crippen molar-refractivity contribution in [1.82, 2.24) is 9.97 Å². The molecule has 0 radical (unpaired) electrons. The number of hydrogen-bond donors (Lipinski definition) is 0. The zero-order valence-electron chi connectivity index (χ0n) is 10.4. The number of halogens is 4. The molecule has 1 fully saturated rings. The summed E-state index contributed by atoms with van der Waals surface area (Å²) >= 11 is 5.50. The van der Waals surface area contributed by atoms with Crippen molar-refractivity contribution in [3.8, 4) is 0 Å². The molecule has 1 atom stereocenters. The molecule has 1 aromatic heterocycles. The second-order valence-electron chi connectivity index (χ2n) is 4.55. The Labute approximate surface area is 118 Å². The molecule has 2 heterocycles. The van der Waals surface area contributed by atoms with Crippen molar-refractivity contribution in [3.63, 3.8) is 0 Å². The summed E-state index contributed by atoms with van der Waals surface area (Å²) in [6, 6.07) is 0.351. The second-order valence-corrected chi connectivity index (χ2v) is 7.11. The lowest BCUT2D eigenvalue weighted by Gasteiger charge is -2.25. The summed E-state index contributed by atoms with van der Waals surface area (Å²) in [5.74, 6) is -0.126. The van der Waals surface area contributed by atoms with Gasteiger partial charge in [0.25, 0.3) is 0 Å². The first-order chi connectivity index (χ1) is 9.08. The van der Waals surface area contributed by atoms with E-state index in [1.807, 2.05) is 0 Å². The molecule has 20 heavy (non-hydrogen) atoms. The van der Waals surface area contributed by atoms with Crippen molar-refractivity contribution in [2.45, 2.75) is 18.6 Å². The van der Waals surface area contributed by atoms with E-state index in [1.54, 1.807) is 0 Å². The average molecular weight is 330 g/mol. The van der Waals surface area contributed by atoms with E-state index in [1.165, 1.54) is 11.9 Å². The smallest absolute Gasteiger partial charge is 0.355 e. The highest BCUT2D eigenvalue weighted by Gasteiger charge is 2.36. The van der Waals surface area contributed by atoms with Crippen LogP contribution in [0, 0.1) is 0 Å². The summed E-state index contributed by atoms with van der Waals surface area (Å²) in [7, 11) is -1.65. The van der Waals surface area contributed by atoms with Crippen LogP contribution < -0.4 is 4.90 Å². The van der Waals surface area contributed by atoms with Gasteiger partial charge in [-0.3, -0.25) is 0 Å². The first kappa shape index (κ1) is 15.3. The van der Waals surface area contributed by atoms with Gasteiger partial charge in [0.15, 0.2) is 15.5 Å². The van der Waals surface area contributed by atoms with Crippen LogP contribution in [0.25, 0.3) is 0 Å². The maximum Gasteiger partial charge on any atom is 0.433 e. The monoisotopic (exact) mass is 329 g/mol. The van der Waals surface area contributed by atoms with Gasteiger partial charge in [-0.25, -0.2) is 18.4 Å². The van der Waals surface area contributed by atoms with Crippen molar-refractivity contribution in [3.05, 3.63) is 17.0 Å². The maximum atomic E-state index is 12.6. The minimum atomic E-state index is -4.63. The van der Waals surface area contributed by atoms with Crippen LogP contribution in [0.4, 0.5) is 19.0 Å². The van der Waals surface area contributed by atoms with Gasteiger partial charge in [0, 0.05) is 19.2 Å². The molecule has 0 amide bonds. The Morgan fingerprint density at radius 1 is 1.40 bits per heavy atom.